The fourth-order valence-electron chi connectivity index (χ4n) is 2.09. The van der Waals surface area contributed by atoms with Gasteiger partial charge in [0.05, 0.1) is 11.6 Å². The zero-order valence-electron chi connectivity index (χ0n) is 10.3. The number of nitriles is 1. The maximum atomic E-state index is 8.75. The number of benzene rings is 2. The van der Waals surface area contributed by atoms with E-state index in [1.54, 1.807) is 0 Å². The Bertz CT molecular complexity index is 771. The minimum absolute atomic E-state index is 0.684. The van der Waals surface area contributed by atoms with E-state index < -0.39 is 0 Å². The zero-order chi connectivity index (χ0) is 13.1. The van der Waals surface area contributed by atoms with E-state index >= 15 is 0 Å². The van der Waals surface area contributed by atoms with Gasteiger partial charge < -0.3 is 4.98 Å². The molecule has 19 heavy (non-hydrogen) atoms. The van der Waals surface area contributed by atoms with Crippen molar-refractivity contribution in [2.75, 3.05) is 0 Å². The number of H-pyrrole nitrogens is 1. The van der Waals surface area contributed by atoms with Crippen molar-refractivity contribution < 1.29 is 0 Å². The smallest absolute Gasteiger partial charge is 0.0991 e. The lowest BCUT2D eigenvalue weighted by molar-refractivity contribution is 1.47. The Hall–Kier alpha value is -2.79. The van der Waals surface area contributed by atoms with E-state index in [2.05, 4.69) is 35.3 Å². The van der Waals surface area contributed by atoms with Gasteiger partial charge in [-0.05, 0) is 29.3 Å². The van der Waals surface area contributed by atoms with Gasteiger partial charge in [-0.2, -0.15) is 5.26 Å². The van der Waals surface area contributed by atoms with Crippen molar-refractivity contribution in [1.82, 2.24) is 4.98 Å². The zero-order valence-corrected chi connectivity index (χ0v) is 10.3. The summed E-state index contributed by atoms with van der Waals surface area (Å²) in [5, 5.41) is 9.97. The molecule has 0 atom stereocenters. The monoisotopic (exact) mass is 244 g/mol. The molecule has 0 amide bonds. The number of nitrogens with zero attached hydrogens (tertiary/aromatic N) is 1. The van der Waals surface area contributed by atoms with E-state index in [1.807, 2.05) is 42.6 Å². The first kappa shape index (κ1) is 11.3. The lowest BCUT2D eigenvalue weighted by Gasteiger charge is -1.94. The number of aromatic amines is 1. The Morgan fingerprint density at radius 1 is 0.947 bits per heavy atom. The van der Waals surface area contributed by atoms with E-state index in [-0.39, 0.29) is 0 Å². The number of nitrogens with one attached hydrogen (secondary N) is 1. The predicted molar refractivity (Wildman–Crippen MR) is 78.4 cm³/mol. The van der Waals surface area contributed by atoms with Gasteiger partial charge in [-0.15, -0.1) is 0 Å². The predicted octanol–water partition coefficient (Wildman–Crippen LogP) is 4.21. The number of para-hydroxylation sites is 1. The molecule has 3 aromatic rings. The number of aromatic nitrogens is 1. The molecule has 1 N–H and O–H groups in total. The van der Waals surface area contributed by atoms with Gasteiger partial charge in [-0.25, -0.2) is 0 Å². The molecule has 0 aliphatic rings. The fraction of sp³-hybridized carbons (Fsp3) is 0. The third-order valence-electron chi connectivity index (χ3n) is 3.12. The standard InChI is InChI=1S/C17H12N2/c18-11-14-7-5-13(6-8-14)9-10-15-12-19-17-4-2-1-3-16(15)17/h1-10,12,19H/b10-9+. The van der Waals surface area contributed by atoms with Crippen LogP contribution in [0.2, 0.25) is 0 Å². The first-order valence-electron chi connectivity index (χ1n) is 6.11. The molecule has 90 valence electrons. The van der Waals surface area contributed by atoms with Gasteiger partial charge in [0, 0.05) is 17.1 Å². The summed E-state index contributed by atoms with van der Waals surface area (Å²) < 4.78 is 0. The highest BCUT2D eigenvalue weighted by molar-refractivity contribution is 5.91. The molecule has 1 heterocycles. The summed E-state index contributed by atoms with van der Waals surface area (Å²) in [5.74, 6) is 0. The average molecular weight is 244 g/mol. The van der Waals surface area contributed by atoms with Crippen molar-refractivity contribution in [3.8, 4) is 6.07 Å². The van der Waals surface area contributed by atoms with Crippen molar-refractivity contribution in [1.29, 1.82) is 5.26 Å². The molecule has 0 aliphatic carbocycles. The van der Waals surface area contributed by atoms with Crippen molar-refractivity contribution >= 4 is 23.1 Å². The van der Waals surface area contributed by atoms with Crippen LogP contribution in [0.15, 0.2) is 54.7 Å². The summed E-state index contributed by atoms with van der Waals surface area (Å²) in [4.78, 5) is 3.25. The minimum Gasteiger partial charge on any atom is -0.361 e. The first-order chi connectivity index (χ1) is 9.36. The molecule has 0 fully saturated rings. The maximum Gasteiger partial charge on any atom is 0.0991 e. The largest absolute Gasteiger partial charge is 0.361 e. The molecule has 0 spiro atoms. The molecular formula is C17H12N2. The van der Waals surface area contributed by atoms with Gasteiger partial charge in [-0.3, -0.25) is 0 Å². The minimum atomic E-state index is 0.684. The SMILES string of the molecule is N#Cc1ccc(/C=C/c2c[nH]c3ccccc23)cc1. The van der Waals surface area contributed by atoms with Crippen LogP contribution >= 0.6 is 0 Å². The third-order valence-corrected chi connectivity index (χ3v) is 3.12. The lowest BCUT2D eigenvalue weighted by Crippen LogP contribution is -1.75. The van der Waals surface area contributed by atoms with Crippen molar-refractivity contribution in [3.63, 3.8) is 0 Å². The van der Waals surface area contributed by atoms with Crippen molar-refractivity contribution in [2.45, 2.75) is 0 Å². The molecule has 1 aromatic heterocycles. The van der Waals surface area contributed by atoms with Crippen LogP contribution in [0.3, 0.4) is 0 Å². The molecule has 0 saturated carbocycles. The molecule has 0 saturated heterocycles. The summed E-state index contributed by atoms with van der Waals surface area (Å²) >= 11 is 0. The second-order valence-corrected chi connectivity index (χ2v) is 4.36. The first-order valence-corrected chi connectivity index (χ1v) is 6.11. The van der Waals surface area contributed by atoms with Crippen molar-refractivity contribution in [3.05, 3.63) is 71.4 Å². The van der Waals surface area contributed by atoms with E-state index in [0.29, 0.717) is 5.56 Å². The topological polar surface area (TPSA) is 39.6 Å². The Morgan fingerprint density at radius 2 is 1.74 bits per heavy atom. The Kier molecular flexibility index (Phi) is 2.88. The van der Waals surface area contributed by atoms with E-state index in [1.165, 1.54) is 10.9 Å². The van der Waals surface area contributed by atoms with Crippen LogP contribution in [0.5, 0.6) is 0 Å². The number of hydrogen-bond donors (Lipinski definition) is 1. The number of fused-ring (bicyclic) bond motifs is 1. The van der Waals surface area contributed by atoms with Gasteiger partial charge in [0.1, 0.15) is 0 Å². The molecular weight excluding hydrogens is 232 g/mol. The molecule has 2 nitrogen and oxygen atoms in total. The third kappa shape index (κ3) is 2.27. The van der Waals surface area contributed by atoms with Crippen LogP contribution in [-0.2, 0) is 0 Å². The van der Waals surface area contributed by atoms with Crippen LogP contribution in [0.1, 0.15) is 16.7 Å². The molecule has 2 heteroatoms. The Balaban J connectivity index is 1.91. The molecule has 0 unspecified atom stereocenters. The van der Waals surface area contributed by atoms with Gasteiger partial charge >= 0.3 is 0 Å². The highest BCUT2D eigenvalue weighted by Gasteiger charge is 1.98. The maximum absolute atomic E-state index is 8.75. The summed E-state index contributed by atoms with van der Waals surface area (Å²) in [6.07, 6.45) is 6.14. The van der Waals surface area contributed by atoms with Gasteiger partial charge in [-0.1, -0.05) is 42.5 Å². The van der Waals surface area contributed by atoms with E-state index in [9.17, 15) is 0 Å². The van der Waals surface area contributed by atoms with E-state index in [0.717, 1.165) is 11.1 Å². The molecule has 0 radical (unpaired) electrons. The van der Waals surface area contributed by atoms with Crippen LogP contribution in [0.4, 0.5) is 0 Å². The highest BCUT2D eigenvalue weighted by Crippen LogP contribution is 2.20. The van der Waals surface area contributed by atoms with Crippen molar-refractivity contribution in [2.24, 2.45) is 0 Å². The fourth-order valence-corrected chi connectivity index (χ4v) is 2.09. The van der Waals surface area contributed by atoms with Crippen LogP contribution in [-0.4, -0.2) is 4.98 Å². The number of hydrogen-bond acceptors (Lipinski definition) is 1. The molecule has 2 aromatic carbocycles. The van der Waals surface area contributed by atoms with Gasteiger partial charge in [0.15, 0.2) is 0 Å². The summed E-state index contributed by atoms with van der Waals surface area (Å²) in [7, 11) is 0. The van der Waals surface area contributed by atoms with Gasteiger partial charge in [0.25, 0.3) is 0 Å². The summed E-state index contributed by atoms with van der Waals surface area (Å²) in [5.41, 5.74) is 4.08. The van der Waals surface area contributed by atoms with Crippen LogP contribution < -0.4 is 0 Å². The van der Waals surface area contributed by atoms with Crippen LogP contribution in [0, 0.1) is 11.3 Å². The quantitative estimate of drug-likeness (QED) is 0.720. The Labute approximate surface area is 111 Å². The summed E-state index contributed by atoms with van der Waals surface area (Å²) in [6, 6.07) is 17.9. The molecule has 0 bridgehead atoms. The average Bonchev–Trinajstić information content (AvgIpc) is 2.89. The van der Waals surface area contributed by atoms with Crippen LogP contribution in [0.25, 0.3) is 23.1 Å². The molecule has 0 aliphatic heterocycles. The van der Waals surface area contributed by atoms with Gasteiger partial charge in [0.2, 0.25) is 0 Å². The van der Waals surface area contributed by atoms with E-state index in [4.69, 9.17) is 5.26 Å². The summed E-state index contributed by atoms with van der Waals surface area (Å²) in [6.45, 7) is 0. The number of rotatable bonds is 2. The second-order valence-electron chi connectivity index (χ2n) is 4.36. The lowest BCUT2D eigenvalue weighted by atomic mass is 10.1. The second kappa shape index (κ2) is 4.83. The Morgan fingerprint density at radius 3 is 2.53 bits per heavy atom. The normalized spacial score (nSPS) is 10.9. The molecule has 3 rings (SSSR count). The highest BCUT2D eigenvalue weighted by atomic mass is 14.7.